The summed E-state index contributed by atoms with van der Waals surface area (Å²) >= 11 is 1.40. The van der Waals surface area contributed by atoms with Gasteiger partial charge in [-0.3, -0.25) is 4.79 Å². The van der Waals surface area contributed by atoms with E-state index >= 15 is 0 Å². The van der Waals surface area contributed by atoms with Crippen LogP contribution in [-0.4, -0.2) is 27.9 Å². The van der Waals surface area contributed by atoms with Gasteiger partial charge in [0, 0.05) is 25.2 Å². The van der Waals surface area contributed by atoms with Gasteiger partial charge in [0.15, 0.2) is 5.13 Å². The largest absolute Gasteiger partial charge is 0.347 e. The van der Waals surface area contributed by atoms with E-state index in [1.807, 2.05) is 42.3 Å². The van der Waals surface area contributed by atoms with E-state index < -0.39 is 0 Å². The van der Waals surface area contributed by atoms with Crippen molar-refractivity contribution >= 4 is 28.2 Å². The molecule has 0 radical (unpaired) electrons. The highest BCUT2D eigenvalue weighted by Gasteiger charge is 2.14. The van der Waals surface area contributed by atoms with Gasteiger partial charge < -0.3 is 10.2 Å². The lowest BCUT2D eigenvalue weighted by molar-refractivity contribution is 0.0946. The van der Waals surface area contributed by atoms with Crippen LogP contribution >= 0.6 is 11.3 Å². The summed E-state index contributed by atoms with van der Waals surface area (Å²) in [5.74, 6) is 0.540. The molecule has 2 aromatic heterocycles. The van der Waals surface area contributed by atoms with Gasteiger partial charge in [-0.15, -0.1) is 11.3 Å². The number of thiazole rings is 1. The first-order valence-electron chi connectivity index (χ1n) is 7.01. The van der Waals surface area contributed by atoms with E-state index in [1.165, 1.54) is 17.7 Å². The molecule has 0 bridgehead atoms. The molecule has 0 spiro atoms. The summed E-state index contributed by atoms with van der Waals surface area (Å²) in [7, 11) is 1.85. The first-order chi connectivity index (χ1) is 11.2. The van der Waals surface area contributed by atoms with Crippen molar-refractivity contribution in [2.45, 2.75) is 6.54 Å². The van der Waals surface area contributed by atoms with Gasteiger partial charge >= 0.3 is 0 Å². The van der Waals surface area contributed by atoms with Crippen LogP contribution in [0, 0.1) is 0 Å². The molecule has 7 heteroatoms. The summed E-state index contributed by atoms with van der Waals surface area (Å²) in [4.78, 5) is 26.4. The molecule has 1 N–H and O–H groups in total. The molecule has 0 aliphatic rings. The summed E-state index contributed by atoms with van der Waals surface area (Å²) in [5.41, 5.74) is 1.45. The number of carbonyl (C=O) groups is 1. The molecule has 0 aliphatic heterocycles. The van der Waals surface area contributed by atoms with Crippen LogP contribution in [0.4, 0.5) is 10.9 Å². The van der Waals surface area contributed by atoms with Crippen LogP contribution in [-0.2, 0) is 6.54 Å². The maximum absolute atomic E-state index is 12.2. The number of aromatic nitrogens is 3. The van der Waals surface area contributed by atoms with Crippen LogP contribution in [0.15, 0.2) is 54.3 Å². The fourth-order valence-electron chi connectivity index (χ4n) is 1.97. The smallest absolute Gasteiger partial charge is 0.271 e. The molecule has 0 fully saturated rings. The summed E-state index contributed by atoms with van der Waals surface area (Å²) in [6, 6.07) is 11.6. The third-order valence-corrected chi connectivity index (χ3v) is 4.13. The number of rotatable bonds is 5. The van der Waals surface area contributed by atoms with Crippen molar-refractivity contribution in [1.82, 2.24) is 20.3 Å². The van der Waals surface area contributed by atoms with Gasteiger partial charge in [0.2, 0.25) is 0 Å². The highest BCUT2D eigenvalue weighted by Crippen LogP contribution is 2.24. The van der Waals surface area contributed by atoms with Gasteiger partial charge in [-0.25, -0.2) is 15.0 Å². The van der Waals surface area contributed by atoms with E-state index in [4.69, 9.17) is 0 Å². The number of hydrogen-bond donors (Lipinski definition) is 1. The molecule has 116 valence electrons. The topological polar surface area (TPSA) is 71.0 Å². The van der Waals surface area contributed by atoms with E-state index in [2.05, 4.69) is 20.3 Å². The van der Waals surface area contributed by atoms with Crippen LogP contribution in [0.5, 0.6) is 0 Å². The second kappa shape index (κ2) is 6.97. The van der Waals surface area contributed by atoms with Gasteiger partial charge in [0.1, 0.15) is 17.8 Å². The molecule has 2 heterocycles. The molecule has 0 atom stereocenters. The van der Waals surface area contributed by atoms with Crippen LogP contribution in [0.3, 0.4) is 0 Å². The molecule has 0 aliphatic carbocycles. The number of nitrogens with zero attached hydrogens (tertiary/aromatic N) is 4. The number of nitrogens with one attached hydrogen (secondary N) is 1. The quantitative estimate of drug-likeness (QED) is 0.781. The number of amides is 1. The highest BCUT2D eigenvalue weighted by atomic mass is 32.1. The maximum Gasteiger partial charge on any atom is 0.271 e. The Morgan fingerprint density at radius 3 is 2.83 bits per heavy atom. The van der Waals surface area contributed by atoms with Crippen molar-refractivity contribution in [3.63, 3.8) is 0 Å². The zero-order chi connectivity index (χ0) is 16.1. The molecular weight excluding hydrogens is 310 g/mol. The van der Waals surface area contributed by atoms with Crippen molar-refractivity contribution < 1.29 is 4.79 Å². The Hall–Kier alpha value is -2.80. The minimum Gasteiger partial charge on any atom is -0.347 e. The van der Waals surface area contributed by atoms with E-state index in [0.29, 0.717) is 17.4 Å². The molecule has 0 saturated carbocycles. The van der Waals surface area contributed by atoms with E-state index in [-0.39, 0.29) is 5.91 Å². The summed E-state index contributed by atoms with van der Waals surface area (Å²) in [6.07, 6.45) is 3.15. The van der Waals surface area contributed by atoms with E-state index in [0.717, 1.165) is 11.4 Å². The van der Waals surface area contributed by atoms with Gasteiger partial charge in [-0.1, -0.05) is 30.3 Å². The zero-order valence-corrected chi connectivity index (χ0v) is 13.3. The Morgan fingerprint density at radius 2 is 2.09 bits per heavy atom. The maximum atomic E-state index is 12.2. The Morgan fingerprint density at radius 1 is 1.26 bits per heavy atom. The molecule has 0 unspecified atom stereocenters. The molecule has 1 amide bonds. The van der Waals surface area contributed by atoms with Crippen molar-refractivity contribution in [2.75, 3.05) is 11.9 Å². The average Bonchev–Trinajstić information content (AvgIpc) is 3.11. The average molecular weight is 325 g/mol. The predicted molar refractivity (Wildman–Crippen MR) is 89.8 cm³/mol. The SMILES string of the molecule is CN(c1ccncn1)c1nc(C(=O)NCc2ccccc2)cs1. The lowest BCUT2D eigenvalue weighted by Crippen LogP contribution is -2.23. The minimum atomic E-state index is -0.188. The normalized spacial score (nSPS) is 10.3. The Kier molecular flexibility index (Phi) is 4.58. The second-order valence-electron chi connectivity index (χ2n) is 4.81. The number of anilines is 2. The standard InChI is InChI=1S/C16H15N5OS/c1-21(14-7-8-17-11-19-14)16-20-13(10-23-16)15(22)18-9-12-5-3-2-4-6-12/h2-8,10-11H,9H2,1H3,(H,18,22). The molecule has 6 nitrogen and oxygen atoms in total. The fourth-order valence-corrected chi connectivity index (χ4v) is 2.75. The Bertz CT molecular complexity index is 775. The summed E-state index contributed by atoms with van der Waals surface area (Å²) in [6.45, 7) is 0.480. The molecule has 3 rings (SSSR count). The third kappa shape index (κ3) is 3.70. The van der Waals surface area contributed by atoms with Crippen molar-refractivity contribution in [3.05, 3.63) is 65.6 Å². The first-order valence-corrected chi connectivity index (χ1v) is 7.89. The van der Waals surface area contributed by atoms with E-state index in [1.54, 1.807) is 17.6 Å². The van der Waals surface area contributed by atoms with Crippen LogP contribution in [0.1, 0.15) is 16.1 Å². The molecule has 0 saturated heterocycles. The number of hydrogen-bond acceptors (Lipinski definition) is 6. The van der Waals surface area contributed by atoms with Crippen molar-refractivity contribution in [1.29, 1.82) is 0 Å². The van der Waals surface area contributed by atoms with Crippen molar-refractivity contribution in [2.24, 2.45) is 0 Å². The van der Waals surface area contributed by atoms with Gasteiger partial charge in [-0.2, -0.15) is 0 Å². The lowest BCUT2D eigenvalue weighted by Gasteiger charge is -2.13. The zero-order valence-electron chi connectivity index (χ0n) is 12.5. The van der Waals surface area contributed by atoms with Crippen LogP contribution in [0.2, 0.25) is 0 Å². The fraction of sp³-hybridized carbons (Fsp3) is 0.125. The van der Waals surface area contributed by atoms with Gasteiger partial charge in [0.05, 0.1) is 0 Å². The first kappa shape index (κ1) is 15.1. The molecule has 1 aromatic carbocycles. The van der Waals surface area contributed by atoms with Crippen LogP contribution < -0.4 is 10.2 Å². The Balaban J connectivity index is 1.65. The second-order valence-corrected chi connectivity index (χ2v) is 5.65. The third-order valence-electron chi connectivity index (χ3n) is 3.22. The van der Waals surface area contributed by atoms with Gasteiger partial charge in [-0.05, 0) is 11.6 Å². The van der Waals surface area contributed by atoms with Gasteiger partial charge in [0.25, 0.3) is 5.91 Å². The minimum absolute atomic E-state index is 0.188. The molecule has 23 heavy (non-hydrogen) atoms. The summed E-state index contributed by atoms with van der Waals surface area (Å²) < 4.78 is 0. The molecule has 3 aromatic rings. The lowest BCUT2D eigenvalue weighted by atomic mass is 10.2. The van der Waals surface area contributed by atoms with Crippen LogP contribution in [0.25, 0.3) is 0 Å². The predicted octanol–water partition coefficient (Wildman–Crippen LogP) is 2.63. The van der Waals surface area contributed by atoms with Crippen molar-refractivity contribution in [3.8, 4) is 0 Å². The Labute approximate surface area is 137 Å². The van der Waals surface area contributed by atoms with E-state index in [9.17, 15) is 4.79 Å². The summed E-state index contributed by atoms with van der Waals surface area (Å²) in [5, 5.41) is 5.31. The number of carbonyl (C=O) groups excluding carboxylic acids is 1. The highest BCUT2D eigenvalue weighted by molar-refractivity contribution is 7.14. The number of benzene rings is 1. The molecular formula is C16H15N5OS. The monoisotopic (exact) mass is 325 g/mol.